The average Bonchev–Trinajstić information content (AvgIpc) is 3.06. The fourth-order valence-electron chi connectivity index (χ4n) is 2.36. The quantitative estimate of drug-likeness (QED) is 0.496. The Bertz CT molecular complexity index is 789. The molecule has 7 nitrogen and oxygen atoms in total. The summed E-state index contributed by atoms with van der Waals surface area (Å²) in [6, 6.07) is 12.3. The van der Waals surface area contributed by atoms with Crippen LogP contribution in [0, 0.1) is 10.1 Å². The van der Waals surface area contributed by atoms with Crippen LogP contribution < -0.4 is 14.9 Å². The van der Waals surface area contributed by atoms with Gasteiger partial charge in [0.1, 0.15) is 5.69 Å². The van der Waals surface area contributed by atoms with Crippen LogP contribution in [0.2, 0.25) is 0 Å². The molecule has 0 unspecified atom stereocenters. The first-order valence-electron chi connectivity index (χ1n) is 7.54. The van der Waals surface area contributed by atoms with Gasteiger partial charge in [-0.3, -0.25) is 15.5 Å². The molecule has 0 saturated heterocycles. The van der Waals surface area contributed by atoms with E-state index < -0.39 is 4.92 Å². The molecule has 0 fully saturated rings. The Morgan fingerprint density at radius 2 is 2.04 bits per heavy atom. The third-order valence-electron chi connectivity index (χ3n) is 3.68. The van der Waals surface area contributed by atoms with Gasteiger partial charge >= 0.3 is 0 Å². The molecule has 0 radical (unpaired) electrons. The summed E-state index contributed by atoms with van der Waals surface area (Å²) < 4.78 is 10.6. The number of anilines is 1. The van der Waals surface area contributed by atoms with Crippen LogP contribution in [-0.2, 0) is 6.42 Å². The lowest BCUT2D eigenvalue weighted by Gasteiger charge is -2.05. The summed E-state index contributed by atoms with van der Waals surface area (Å²) in [7, 11) is 0. The van der Waals surface area contributed by atoms with Crippen molar-refractivity contribution in [3.63, 3.8) is 0 Å². The number of fused-ring (bicyclic) bond motifs is 1. The van der Waals surface area contributed by atoms with Crippen molar-refractivity contribution in [1.29, 1.82) is 0 Å². The van der Waals surface area contributed by atoms with Crippen molar-refractivity contribution < 1.29 is 14.4 Å². The Morgan fingerprint density at radius 3 is 2.88 bits per heavy atom. The van der Waals surface area contributed by atoms with Gasteiger partial charge in [0.25, 0.3) is 5.69 Å². The maximum atomic E-state index is 11.0. The van der Waals surface area contributed by atoms with E-state index in [1.54, 1.807) is 18.2 Å². The number of ether oxygens (including phenoxy) is 2. The number of nitro groups is 1. The highest BCUT2D eigenvalue weighted by Gasteiger charge is 2.13. The van der Waals surface area contributed by atoms with Crippen molar-refractivity contribution >= 4 is 17.1 Å². The molecule has 124 valence electrons. The standard InChI is InChI=1S/C17H17N3O4/c1-12(18-19-14-4-2-3-5-15(14)20(21)22)6-7-13-8-9-16-17(10-13)24-11-23-16/h2-5,8-10,19H,6-7,11H2,1H3/b18-12+. The molecule has 0 spiro atoms. The van der Waals surface area contributed by atoms with Crippen molar-refractivity contribution in [3.05, 3.63) is 58.1 Å². The highest BCUT2D eigenvalue weighted by atomic mass is 16.7. The molecular formula is C17H17N3O4. The Hall–Kier alpha value is -3.09. The van der Waals surface area contributed by atoms with Gasteiger partial charge in [0.2, 0.25) is 6.79 Å². The maximum Gasteiger partial charge on any atom is 0.294 e. The predicted molar refractivity (Wildman–Crippen MR) is 90.7 cm³/mol. The molecule has 24 heavy (non-hydrogen) atoms. The Balaban J connectivity index is 1.60. The number of hydrazone groups is 1. The Labute approximate surface area is 139 Å². The van der Waals surface area contributed by atoms with Gasteiger partial charge in [-0.05, 0) is 43.5 Å². The van der Waals surface area contributed by atoms with Crippen molar-refractivity contribution in [2.45, 2.75) is 19.8 Å². The van der Waals surface area contributed by atoms with Crippen molar-refractivity contribution in [1.82, 2.24) is 0 Å². The third kappa shape index (κ3) is 3.62. The maximum absolute atomic E-state index is 11.0. The first-order valence-corrected chi connectivity index (χ1v) is 7.54. The zero-order valence-electron chi connectivity index (χ0n) is 13.2. The van der Waals surface area contributed by atoms with Crippen LogP contribution in [0.3, 0.4) is 0 Å². The Kier molecular flexibility index (Phi) is 4.60. The third-order valence-corrected chi connectivity index (χ3v) is 3.68. The number of para-hydroxylation sites is 2. The number of rotatable bonds is 6. The molecule has 0 saturated carbocycles. The monoisotopic (exact) mass is 327 g/mol. The number of aryl methyl sites for hydroxylation is 1. The summed E-state index contributed by atoms with van der Waals surface area (Å²) in [5.74, 6) is 1.53. The minimum absolute atomic E-state index is 0.00446. The molecule has 0 bridgehead atoms. The van der Waals surface area contributed by atoms with Gasteiger partial charge in [-0.25, -0.2) is 0 Å². The van der Waals surface area contributed by atoms with Crippen molar-refractivity contribution in [2.75, 3.05) is 12.2 Å². The number of benzene rings is 2. The highest BCUT2D eigenvalue weighted by Crippen LogP contribution is 2.32. The van der Waals surface area contributed by atoms with Crippen LogP contribution >= 0.6 is 0 Å². The molecular weight excluding hydrogens is 310 g/mol. The predicted octanol–water partition coefficient (Wildman–Crippen LogP) is 3.74. The largest absolute Gasteiger partial charge is 0.454 e. The van der Waals surface area contributed by atoms with Gasteiger partial charge in [-0.1, -0.05) is 18.2 Å². The fraction of sp³-hybridized carbons (Fsp3) is 0.235. The molecule has 2 aromatic rings. The molecule has 7 heteroatoms. The number of hydrogen-bond donors (Lipinski definition) is 1. The normalized spacial score (nSPS) is 13.0. The summed E-state index contributed by atoms with van der Waals surface area (Å²) in [4.78, 5) is 10.5. The number of nitro benzene ring substituents is 1. The van der Waals surface area contributed by atoms with Crippen LogP contribution in [0.1, 0.15) is 18.9 Å². The van der Waals surface area contributed by atoms with Gasteiger partial charge in [0.05, 0.1) is 4.92 Å². The highest BCUT2D eigenvalue weighted by molar-refractivity contribution is 5.83. The summed E-state index contributed by atoms with van der Waals surface area (Å²) in [5, 5.41) is 15.2. The zero-order chi connectivity index (χ0) is 16.9. The summed E-state index contributed by atoms with van der Waals surface area (Å²) in [6.45, 7) is 2.15. The van der Waals surface area contributed by atoms with Gasteiger partial charge in [0, 0.05) is 11.8 Å². The molecule has 0 amide bonds. The minimum atomic E-state index is -0.431. The molecule has 2 aromatic carbocycles. The molecule has 0 atom stereocenters. The van der Waals surface area contributed by atoms with Gasteiger partial charge < -0.3 is 9.47 Å². The van der Waals surface area contributed by atoms with E-state index in [0.717, 1.165) is 35.6 Å². The molecule has 3 rings (SSSR count). The van der Waals surface area contributed by atoms with Crippen LogP contribution in [0.15, 0.2) is 47.6 Å². The van der Waals surface area contributed by atoms with Crippen LogP contribution in [0.5, 0.6) is 11.5 Å². The summed E-state index contributed by atoms with van der Waals surface area (Å²) in [5.41, 5.74) is 5.14. The molecule has 1 aliphatic rings. The molecule has 1 N–H and O–H groups in total. The summed E-state index contributed by atoms with van der Waals surface area (Å²) >= 11 is 0. The van der Waals surface area contributed by atoms with Crippen LogP contribution in [0.25, 0.3) is 0 Å². The number of nitrogens with zero attached hydrogens (tertiary/aromatic N) is 2. The second-order valence-electron chi connectivity index (χ2n) is 5.42. The average molecular weight is 327 g/mol. The van der Waals surface area contributed by atoms with Crippen molar-refractivity contribution in [3.8, 4) is 11.5 Å². The van der Waals surface area contributed by atoms with Gasteiger partial charge in [-0.2, -0.15) is 5.10 Å². The zero-order valence-corrected chi connectivity index (χ0v) is 13.2. The van der Waals surface area contributed by atoms with Gasteiger partial charge in [0.15, 0.2) is 11.5 Å². The molecule has 0 aromatic heterocycles. The number of nitrogens with one attached hydrogen (secondary N) is 1. The smallest absolute Gasteiger partial charge is 0.294 e. The van der Waals surface area contributed by atoms with E-state index in [-0.39, 0.29) is 12.5 Å². The topological polar surface area (TPSA) is 86.0 Å². The van der Waals surface area contributed by atoms with Crippen molar-refractivity contribution in [2.24, 2.45) is 5.10 Å². The lowest BCUT2D eigenvalue weighted by molar-refractivity contribution is -0.384. The van der Waals surface area contributed by atoms with Crippen LogP contribution in [-0.4, -0.2) is 17.4 Å². The fourth-order valence-corrected chi connectivity index (χ4v) is 2.36. The van der Waals surface area contributed by atoms with E-state index in [4.69, 9.17) is 9.47 Å². The van der Waals surface area contributed by atoms with E-state index in [2.05, 4.69) is 10.5 Å². The summed E-state index contributed by atoms with van der Waals surface area (Å²) in [6.07, 6.45) is 1.53. The molecule has 1 aliphatic heterocycles. The van der Waals surface area contributed by atoms with E-state index in [9.17, 15) is 10.1 Å². The SMILES string of the molecule is C/C(CCc1ccc2c(c1)OCO2)=N\Nc1ccccc1[N+](=O)[O-]. The first kappa shape index (κ1) is 15.8. The van der Waals surface area contributed by atoms with Crippen LogP contribution in [0.4, 0.5) is 11.4 Å². The molecule has 0 aliphatic carbocycles. The lowest BCUT2D eigenvalue weighted by atomic mass is 10.1. The molecule has 1 heterocycles. The first-order chi connectivity index (χ1) is 11.6. The minimum Gasteiger partial charge on any atom is -0.454 e. The van der Waals surface area contributed by atoms with E-state index in [1.165, 1.54) is 6.07 Å². The second kappa shape index (κ2) is 6.99. The Morgan fingerprint density at radius 1 is 1.25 bits per heavy atom. The van der Waals surface area contributed by atoms with E-state index >= 15 is 0 Å². The van der Waals surface area contributed by atoms with E-state index in [0.29, 0.717) is 5.69 Å². The van der Waals surface area contributed by atoms with E-state index in [1.807, 2.05) is 25.1 Å². The van der Waals surface area contributed by atoms with Gasteiger partial charge in [-0.15, -0.1) is 0 Å². The lowest BCUT2D eigenvalue weighted by Crippen LogP contribution is -2.01. The second-order valence-corrected chi connectivity index (χ2v) is 5.42. The number of hydrogen-bond acceptors (Lipinski definition) is 6.